The second-order valence-electron chi connectivity index (χ2n) is 5.39. The lowest BCUT2D eigenvalue weighted by atomic mass is 10.1. The predicted octanol–water partition coefficient (Wildman–Crippen LogP) is 3.86. The van der Waals surface area contributed by atoms with E-state index in [4.69, 9.17) is 14.2 Å². The van der Waals surface area contributed by atoms with Gasteiger partial charge in [0.15, 0.2) is 17.8 Å². The summed E-state index contributed by atoms with van der Waals surface area (Å²) in [6, 6.07) is 13.5. The Kier molecular flexibility index (Phi) is 4.75. The van der Waals surface area contributed by atoms with Crippen molar-refractivity contribution < 1.29 is 19.0 Å². The highest BCUT2D eigenvalue weighted by Crippen LogP contribution is 2.38. The Morgan fingerprint density at radius 3 is 2.24 bits per heavy atom. The Hall–Kier alpha value is -3.21. The molecule has 0 aliphatic heterocycles. The first-order valence-corrected chi connectivity index (χ1v) is 7.75. The summed E-state index contributed by atoms with van der Waals surface area (Å²) in [6.07, 6.45) is 4.49. The smallest absolute Gasteiger partial charge is 0.203 e. The van der Waals surface area contributed by atoms with Crippen LogP contribution < -0.4 is 14.2 Å². The zero-order valence-electron chi connectivity index (χ0n) is 14.4. The molecule has 5 nitrogen and oxygen atoms in total. The van der Waals surface area contributed by atoms with Crippen LogP contribution in [0.5, 0.6) is 17.2 Å². The number of para-hydroxylation sites is 1. The molecule has 0 aliphatic rings. The second kappa shape index (κ2) is 7.13. The number of aromatic nitrogens is 1. The molecule has 0 bridgehead atoms. The molecule has 0 aliphatic carbocycles. The molecule has 3 rings (SSSR count). The van der Waals surface area contributed by atoms with E-state index in [1.165, 1.54) is 0 Å². The van der Waals surface area contributed by atoms with Gasteiger partial charge in [-0.2, -0.15) is 0 Å². The SMILES string of the molecule is COc1cc(C=C(C=O)n2ccc3ccccc32)cc(OC)c1OC. The average molecular weight is 337 g/mol. The number of carbonyl (C=O) groups is 1. The molecule has 0 atom stereocenters. The molecule has 0 saturated carbocycles. The van der Waals surface area contributed by atoms with Gasteiger partial charge in [0.1, 0.15) is 0 Å². The van der Waals surface area contributed by atoms with Gasteiger partial charge in [-0.25, -0.2) is 0 Å². The summed E-state index contributed by atoms with van der Waals surface area (Å²) in [6.45, 7) is 0. The van der Waals surface area contributed by atoms with Crippen molar-refractivity contribution in [3.63, 3.8) is 0 Å². The summed E-state index contributed by atoms with van der Waals surface area (Å²) in [4.78, 5) is 11.7. The van der Waals surface area contributed by atoms with Crippen molar-refractivity contribution in [3.8, 4) is 17.2 Å². The van der Waals surface area contributed by atoms with E-state index in [2.05, 4.69) is 0 Å². The zero-order chi connectivity index (χ0) is 17.8. The lowest BCUT2D eigenvalue weighted by Gasteiger charge is -2.13. The third-order valence-corrected chi connectivity index (χ3v) is 4.00. The van der Waals surface area contributed by atoms with Crippen molar-refractivity contribution in [3.05, 3.63) is 54.2 Å². The first-order valence-electron chi connectivity index (χ1n) is 7.75. The minimum atomic E-state index is 0.510. The maximum Gasteiger partial charge on any atom is 0.203 e. The summed E-state index contributed by atoms with van der Waals surface area (Å²) in [7, 11) is 4.68. The Labute approximate surface area is 146 Å². The largest absolute Gasteiger partial charge is 0.493 e. The topological polar surface area (TPSA) is 49.7 Å². The minimum absolute atomic E-state index is 0.510. The number of methoxy groups -OCH3 is 3. The molecule has 0 radical (unpaired) electrons. The van der Waals surface area contributed by atoms with E-state index in [0.29, 0.717) is 22.9 Å². The maximum atomic E-state index is 11.7. The molecular weight excluding hydrogens is 318 g/mol. The first-order chi connectivity index (χ1) is 12.2. The highest BCUT2D eigenvalue weighted by molar-refractivity contribution is 6.08. The first kappa shape index (κ1) is 16.6. The van der Waals surface area contributed by atoms with E-state index in [0.717, 1.165) is 22.8 Å². The van der Waals surface area contributed by atoms with Crippen molar-refractivity contribution in [1.82, 2.24) is 4.57 Å². The van der Waals surface area contributed by atoms with Gasteiger partial charge in [0, 0.05) is 6.20 Å². The maximum absolute atomic E-state index is 11.7. The molecule has 1 aromatic heterocycles. The fraction of sp³-hybridized carbons (Fsp3) is 0.150. The lowest BCUT2D eigenvalue weighted by molar-refractivity contribution is -0.103. The van der Waals surface area contributed by atoms with Gasteiger partial charge in [-0.15, -0.1) is 0 Å². The van der Waals surface area contributed by atoms with Crippen LogP contribution in [0.4, 0.5) is 0 Å². The van der Waals surface area contributed by atoms with Crippen LogP contribution in [0, 0.1) is 0 Å². The van der Waals surface area contributed by atoms with Gasteiger partial charge in [0.05, 0.1) is 32.5 Å². The third-order valence-electron chi connectivity index (χ3n) is 4.00. The molecule has 0 fully saturated rings. The fourth-order valence-corrected chi connectivity index (χ4v) is 2.82. The van der Waals surface area contributed by atoms with Crippen LogP contribution >= 0.6 is 0 Å². The number of carbonyl (C=O) groups excluding carboxylic acids is 1. The number of rotatable bonds is 6. The minimum Gasteiger partial charge on any atom is -0.493 e. The molecule has 0 N–H and O–H groups in total. The van der Waals surface area contributed by atoms with E-state index in [1.807, 2.05) is 41.1 Å². The number of allylic oxidation sites excluding steroid dienone is 1. The highest BCUT2D eigenvalue weighted by Gasteiger charge is 2.13. The molecule has 0 spiro atoms. The summed E-state index contributed by atoms with van der Waals surface area (Å²) in [5.74, 6) is 1.59. The molecule has 1 heterocycles. The third kappa shape index (κ3) is 3.08. The molecule has 5 heteroatoms. The van der Waals surface area contributed by atoms with Gasteiger partial charge < -0.3 is 18.8 Å². The van der Waals surface area contributed by atoms with E-state index in [1.54, 1.807) is 39.5 Å². The number of fused-ring (bicyclic) bond motifs is 1. The van der Waals surface area contributed by atoms with Crippen molar-refractivity contribution in [2.45, 2.75) is 0 Å². The molecule has 25 heavy (non-hydrogen) atoms. The van der Waals surface area contributed by atoms with Gasteiger partial charge in [-0.05, 0) is 41.3 Å². The van der Waals surface area contributed by atoms with Gasteiger partial charge in [-0.1, -0.05) is 18.2 Å². The van der Waals surface area contributed by atoms with Crippen LogP contribution in [-0.2, 0) is 4.79 Å². The average Bonchev–Trinajstić information content (AvgIpc) is 3.09. The molecule has 2 aromatic carbocycles. The van der Waals surface area contributed by atoms with Gasteiger partial charge in [0.2, 0.25) is 5.75 Å². The van der Waals surface area contributed by atoms with Crippen LogP contribution in [0.1, 0.15) is 5.56 Å². The van der Waals surface area contributed by atoms with Crippen molar-refractivity contribution in [1.29, 1.82) is 0 Å². The Balaban J connectivity index is 2.13. The molecule has 0 saturated heterocycles. The summed E-state index contributed by atoms with van der Waals surface area (Å²) >= 11 is 0. The van der Waals surface area contributed by atoms with Crippen LogP contribution in [0.15, 0.2) is 48.7 Å². The second-order valence-corrected chi connectivity index (χ2v) is 5.39. The van der Waals surface area contributed by atoms with E-state index >= 15 is 0 Å². The van der Waals surface area contributed by atoms with E-state index in [9.17, 15) is 4.79 Å². The quantitative estimate of drug-likeness (QED) is 0.506. The Morgan fingerprint density at radius 2 is 1.64 bits per heavy atom. The van der Waals surface area contributed by atoms with Gasteiger partial charge in [0.25, 0.3) is 0 Å². The van der Waals surface area contributed by atoms with Crippen LogP contribution in [0.2, 0.25) is 0 Å². The zero-order valence-corrected chi connectivity index (χ0v) is 14.4. The number of nitrogens with zero attached hydrogens (tertiary/aromatic N) is 1. The molecule has 0 amide bonds. The Bertz CT molecular complexity index is 915. The van der Waals surface area contributed by atoms with Crippen LogP contribution in [-0.4, -0.2) is 32.2 Å². The summed E-state index contributed by atoms with van der Waals surface area (Å²) in [5, 5.41) is 1.07. The highest BCUT2D eigenvalue weighted by atomic mass is 16.5. The Morgan fingerprint density at radius 1 is 0.960 bits per heavy atom. The summed E-state index contributed by atoms with van der Waals surface area (Å²) < 4.78 is 17.9. The summed E-state index contributed by atoms with van der Waals surface area (Å²) in [5.41, 5.74) is 2.25. The van der Waals surface area contributed by atoms with Crippen molar-refractivity contribution >= 4 is 29.0 Å². The molecular formula is C20H19NO4. The number of hydrogen-bond donors (Lipinski definition) is 0. The van der Waals surface area contributed by atoms with Crippen LogP contribution in [0.25, 0.3) is 22.7 Å². The monoisotopic (exact) mass is 337 g/mol. The fourth-order valence-electron chi connectivity index (χ4n) is 2.82. The standard InChI is InChI=1S/C20H19NO4/c1-23-18-11-14(12-19(24-2)20(18)25-3)10-16(13-22)21-9-8-15-6-4-5-7-17(15)21/h4-13H,1-3H3. The number of aldehydes is 1. The van der Waals surface area contributed by atoms with E-state index < -0.39 is 0 Å². The van der Waals surface area contributed by atoms with Gasteiger partial charge >= 0.3 is 0 Å². The molecule has 0 unspecified atom stereocenters. The number of hydrogen-bond acceptors (Lipinski definition) is 4. The molecule has 128 valence electrons. The van der Waals surface area contributed by atoms with Crippen molar-refractivity contribution in [2.75, 3.05) is 21.3 Å². The lowest BCUT2D eigenvalue weighted by Crippen LogP contribution is -1.98. The van der Waals surface area contributed by atoms with E-state index in [-0.39, 0.29) is 0 Å². The predicted molar refractivity (Wildman–Crippen MR) is 98.3 cm³/mol. The van der Waals surface area contributed by atoms with Crippen molar-refractivity contribution in [2.24, 2.45) is 0 Å². The van der Waals surface area contributed by atoms with Crippen LogP contribution in [0.3, 0.4) is 0 Å². The number of benzene rings is 2. The molecule has 3 aromatic rings. The number of ether oxygens (including phenoxy) is 3. The normalized spacial score (nSPS) is 11.4. The van der Waals surface area contributed by atoms with Gasteiger partial charge in [-0.3, -0.25) is 4.79 Å².